The van der Waals surface area contributed by atoms with Crippen LogP contribution in [0.3, 0.4) is 0 Å². The van der Waals surface area contributed by atoms with E-state index in [-0.39, 0.29) is 0 Å². The van der Waals surface area contributed by atoms with Crippen LogP contribution in [0.15, 0.2) is 0 Å². The summed E-state index contributed by atoms with van der Waals surface area (Å²) < 4.78 is 0. The highest BCUT2D eigenvalue weighted by Gasteiger charge is 2.39. The number of thioether (sulfide) groups is 1. The van der Waals surface area contributed by atoms with Crippen molar-refractivity contribution in [2.45, 2.75) is 53.1 Å². The molecule has 1 aliphatic heterocycles. The highest BCUT2D eigenvalue weighted by atomic mass is 32.2. The van der Waals surface area contributed by atoms with Gasteiger partial charge in [-0.05, 0) is 26.2 Å². The van der Waals surface area contributed by atoms with Crippen LogP contribution >= 0.6 is 11.8 Å². The van der Waals surface area contributed by atoms with E-state index in [1.807, 2.05) is 0 Å². The molecule has 1 unspecified atom stereocenters. The Balaban J connectivity index is 2.76. The van der Waals surface area contributed by atoms with E-state index in [4.69, 9.17) is 0 Å². The van der Waals surface area contributed by atoms with Crippen molar-refractivity contribution in [1.82, 2.24) is 4.90 Å². The van der Waals surface area contributed by atoms with Gasteiger partial charge in [-0.3, -0.25) is 4.90 Å². The largest absolute Gasteiger partial charge is 0.285 e. The monoisotopic (exact) mass is 201 g/mol. The van der Waals surface area contributed by atoms with Crippen molar-refractivity contribution in [3.8, 4) is 0 Å². The zero-order chi connectivity index (χ0) is 10.3. The second kappa shape index (κ2) is 3.47. The minimum Gasteiger partial charge on any atom is -0.285 e. The summed E-state index contributed by atoms with van der Waals surface area (Å²) >= 11 is 2.07. The molecule has 0 saturated carbocycles. The van der Waals surface area contributed by atoms with Gasteiger partial charge in [0.25, 0.3) is 0 Å². The van der Waals surface area contributed by atoms with E-state index in [2.05, 4.69) is 58.2 Å². The van der Waals surface area contributed by atoms with Crippen LogP contribution in [0, 0.1) is 5.41 Å². The van der Waals surface area contributed by atoms with Gasteiger partial charge >= 0.3 is 0 Å². The topological polar surface area (TPSA) is 3.24 Å². The Labute approximate surface area is 87.3 Å². The standard InChI is InChI=1S/C11H23NS/c1-10(2,3)9-7-13-8-12(9)11(4,5)6/h9H,7-8H2,1-6H3. The summed E-state index contributed by atoms with van der Waals surface area (Å²) in [5.41, 5.74) is 0.734. The molecule has 1 atom stereocenters. The Bertz CT molecular complexity index is 156. The summed E-state index contributed by atoms with van der Waals surface area (Å²) in [6, 6.07) is 0.734. The van der Waals surface area contributed by atoms with E-state index < -0.39 is 0 Å². The molecule has 0 amide bonds. The van der Waals surface area contributed by atoms with Crippen molar-refractivity contribution >= 4 is 11.8 Å². The maximum Gasteiger partial charge on any atom is 0.0453 e. The van der Waals surface area contributed by atoms with Crippen molar-refractivity contribution in [2.24, 2.45) is 5.41 Å². The maximum absolute atomic E-state index is 2.64. The van der Waals surface area contributed by atoms with Crippen LogP contribution in [0.5, 0.6) is 0 Å². The number of rotatable bonds is 0. The first-order valence-electron chi connectivity index (χ1n) is 5.07. The summed E-state index contributed by atoms with van der Waals surface area (Å²) in [7, 11) is 0. The van der Waals surface area contributed by atoms with Gasteiger partial charge in [-0.15, -0.1) is 11.8 Å². The first-order chi connectivity index (χ1) is 5.73. The number of nitrogens with zero attached hydrogens (tertiary/aromatic N) is 1. The number of hydrogen-bond acceptors (Lipinski definition) is 2. The molecule has 0 aliphatic carbocycles. The lowest BCUT2D eigenvalue weighted by Crippen LogP contribution is -2.50. The lowest BCUT2D eigenvalue weighted by atomic mass is 9.85. The lowest BCUT2D eigenvalue weighted by Gasteiger charge is -2.42. The van der Waals surface area contributed by atoms with Gasteiger partial charge in [0.15, 0.2) is 0 Å². The molecule has 1 aliphatic rings. The molecule has 1 saturated heterocycles. The highest BCUT2D eigenvalue weighted by Crippen LogP contribution is 2.37. The van der Waals surface area contributed by atoms with Crippen LogP contribution in [-0.4, -0.2) is 28.1 Å². The van der Waals surface area contributed by atoms with Crippen molar-refractivity contribution in [3.63, 3.8) is 0 Å². The fourth-order valence-corrected chi connectivity index (χ4v) is 3.59. The molecule has 0 N–H and O–H groups in total. The zero-order valence-electron chi connectivity index (χ0n) is 9.85. The Morgan fingerprint density at radius 2 is 1.62 bits per heavy atom. The van der Waals surface area contributed by atoms with Gasteiger partial charge in [0.2, 0.25) is 0 Å². The highest BCUT2D eigenvalue weighted by molar-refractivity contribution is 7.99. The molecule has 0 bridgehead atoms. The third-order valence-electron chi connectivity index (χ3n) is 2.74. The molecule has 0 aromatic carbocycles. The van der Waals surface area contributed by atoms with Crippen LogP contribution in [0.4, 0.5) is 0 Å². The Morgan fingerprint density at radius 3 is 1.92 bits per heavy atom. The summed E-state index contributed by atoms with van der Waals surface area (Å²) in [5, 5.41) is 0. The van der Waals surface area contributed by atoms with E-state index >= 15 is 0 Å². The molecule has 1 rings (SSSR count). The van der Waals surface area contributed by atoms with Gasteiger partial charge in [0, 0.05) is 23.2 Å². The van der Waals surface area contributed by atoms with Gasteiger partial charge in [0.1, 0.15) is 0 Å². The molecule has 0 aromatic heterocycles. The first-order valence-corrected chi connectivity index (χ1v) is 6.23. The third-order valence-corrected chi connectivity index (χ3v) is 3.76. The first kappa shape index (κ1) is 11.4. The molecular weight excluding hydrogens is 178 g/mol. The normalized spacial score (nSPS) is 26.8. The average molecular weight is 201 g/mol. The van der Waals surface area contributed by atoms with E-state index in [0.717, 1.165) is 6.04 Å². The van der Waals surface area contributed by atoms with E-state index in [1.165, 1.54) is 11.6 Å². The lowest BCUT2D eigenvalue weighted by molar-refractivity contribution is 0.0652. The van der Waals surface area contributed by atoms with E-state index in [0.29, 0.717) is 11.0 Å². The fourth-order valence-electron chi connectivity index (χ4n) is 1.82. The van der Waals surface area contributed by atoms with Crippen molar-refractivity contribution in [1.29, 1.82) is 0 Å². The molecule has 1 nitrogen and oxygen atoms in total. The Morgan fingerprint density at radius 1 is 1.08 bits per heavy atom. The second-order valence-corrected chi connectivity index (χ2v) is 7.02. The predicted molar refractivity (Wildman–Crippen MR) is 62.2 cm³/mol. The maximum atomic E-state index is 2.64. The third kappa shape index (κ3) is 2.63. The van der Waals surface area contributed by atoms with Gasteiger partial charge in [0.05, 0.1) is 0 Å². The van der Waals surface area contributed by atoms with Crippen LogP contribution in [0.25, 0.3) is 0 Å². The quantitative estimate of drug-likeness (QED) is 0.592. The zero-order valence-corrected chi connectivity index (χ0v) is 10.7. The van der Waals surface area contributed by atoms with Crippen LogP contribution in [-0.2, 0) is 0 Å². The second-order valence-electron chi connectivity index (χ2n) is 6.02. The Hall–Kier alpha value is 0.310. The summed E-state index contributed by atoms with van der Waals surface area (Å²) in [6.45, 7) is 14.0. The summed E-state index contributed by atoms with van der Waals surface area (Å²) in [4.78, 5) is 2.64. The number of hydrogen-bond donors (Lipinski definition) is 0. The molecule has 1 heterocycles. The molecule has 2 heteroatoms. The average Bonchev–Trinajstić information content (AvgIpc) is 2.27. The molecular formula is C11H23NS. The fraction of sp³-hybridized carbons (Fsp3) is 1.00. The van der Waals surface area contributed by atoms with Crippen molar-refractivity contribution < 1.29 is 0 Å². The smallest absolute Gasteiger partial charge is 0.0453 e. The van der Waals surface area contributed by atoms with Gasteiger partial charge in [-0.1, -0.05) is 20.8 Å². The van der Waals surface area contributed by atoms with Crippen molar-refractivity contribution in [2.75, 3.05) is 11.6 Å². The van der Waals surface area contributed by atoms with Crippen molar-refractivity contribution in [3.05, 3.63) is 0 Å². The van der Waals surface area contributed by atoms with Gasteiger partial charge in [-0.25, -0.2) is 0 Å². The minimum absolute atomic E-state index is 0.321. The SMILES string of the molecule is CC(C)(C)C1CSCN1C(C)(C)C. The summed E-state index contributed by atoms with van der Waals surface area (Å²) in [5.74, 6) is 2.49. The molecule has 78 valence electrons. The van der Waals surface area contributed by atoms with Gasteiger partial charge < -0.3 is 0 Å². The predicted octanol–water partition coefficient (Wildman–Crippen LogP) is 3.21. The molecule has 0 spiro atoms. The molecule has 1 fully saturated rings. The Kier molecular flexibility index (Phi) is 3.04. The van der Waals surface area contributed by atoms with E-state index in [1.54, 1.807) is 0 Å². The molecule has 0 radical (unpaired) electrons. The van der Waals surface area contributed by atoms with Gasteiger partial charge in [-0.2, -0.15) is 0 Å². The summed E-state index contributed by atoms with van der Waals surface area (Å²) in [6.07, 6.45) is 0. The molecule has 0 aromatic rings. The molecule has 13 heavy (non-hydrogen) atoms. The van der Waals surface area contributed by atoms with Crippen LogP contribution < -0.4 is 0 Å². The van der Waals surface area contributed by atoms with E-state index in [9.17, 15) is 0 Å². The minimum atomic E-state index is 0.321. The van der Waals surface area contributed by atoms with Crippen LogP contribution in [0.2, 0.25) is 0 Å². The van der Waals surface area contributed by atoms with Crippen LogP contribution in [0.1, 0.15) is 41.5 Å².